The first-order chi connectivity index (χ1) is 12.1. The summed E-state index contributed by atoms with van der Waals surface area (Å²) in [6, 6.07) is 7.94. The summed E-state index contributed by atoms with van der Waals surface area (Å²) in [7, 11) is 1.65. The van der Waals surface area contributed by atoms with Gasteiger partial charge in [-0.3, -0.25) is 4.79 Å². The summed E-state index contributed by atoms with van der Waals surface area (Å²) < 4.78 is 16.2. The van der Waals surface area contributed by atoms with Crippen LogP contribution < -0.4 is 4.74 Å². The highest BCUT2D eigenvalue weighted by atomic mass is 16.5. The molecule has 0 spiro atoms. The second kappa shape index (κ2) is 7.70. The monoisotopic (exact) mass is 344 g/mol. The van der Waals surface area contributed by atoms with Gasteiger partial charge in [0.05, 0.1) is 25.5 Å². The van der Waals surface area contributed by atoms with Crippen molar-refractivity contribution in [3.63, 3.8) is 0 Å². The summed E-state index contributed by atoms with van der Waals surface area (Å²) in [6.07, 6.45) is 1.42. The molecule has 0 bridgehead atoms. The van der Waals surface area contributed by atoms with E-state index in [0.29, 0.717) is 37.4 Å². The van der Waals surface area contributed by atoms with Crippen LogP contribution in [0.2, 0.25) is 0 Å². The SMILES string of the molecule is CCc1noc(C)c1C(=O)N1CCOC(Cc2ccc(OC)cc2)C1. The third-order valence-corrected chi connectivity index (χ3v) is 4.53. The fourth-order valence-corrected chi connectivity index (χ4v) is 3.14. The smallest absolute Gasteiger partial charge is 0.259 e. The number of morpholine rings is 1. The Morgan fingerprint density at radius 2 is 2.12 bits per heavy atom. The van der Waals surface area contributed by atoms with Crippen LogP contribution in [0, 0.1) is 6.92 Å². The minimum atomic E-state index is -0.0173. The van der Waals surface area contributed by atoms with Gasteiger partial charge in [-0.1, -0.05) is 24.2 Å². The van der Waals surface area contributed by atoms with E-state index in [1.54, 1.807) is 14.0 Å². The fraction of sp³-hybridized carbons (Fsp3) is 0.474. The lowest BCUT2D eigenvalue weighted by Crippen LogP contribution is -2.46. The quantitative estimate of drug-likeness (QED) is 0.834. The predicted octanol–water partition coefficient (Wildman–Crippen LogP) is 2.64. The third kappa shape index (κ3) is 3.85. The summed E-state index contributed by atoms with van der Waals surface area (Å²) >= 11 is 0. The maximum absolute atomic E-state index is 12.9. The van der Waals surface area contributed by atoms with Crippen molar-refractivity contribution in [2.24, 2.45) is 0 Å². The molecule has 0 saturated carbocycles. The number of aromatic nitrogens is 1. The molecule has 1 aromatic carbocycles. The van der Waals surface area contributed by atoms with Crippen LogP contribution in [0.25, 0.3) is 0 Å². The minimum Gasteiger partial charge on any atom is -0.497 e. The molecule has 6 nitrogen and oxygen atoms in total. The first-order valence-electron chi connectivity index (χ1n) is 8.61. The van der Waals surface area contributed by atoms with Crippen molar-refractivity contribution in [2.45, 2.75) is 32.8 Å². The number of rotatable bonds is 5. The molecule has 1 amide bonds. The molecule has 1 saturated heterocycles. The average molecular weight is 344 g/mol. The predicted molar refractivity (Wildman–Crippen MR) is 93.0 cm³/mol. The minimum absolute atomic E-state index is 0.0152. The molecule has 1 aliphatic heterocycles. The van der Waals surface area contributed by atoms with E-state index in [2.05, 4.69) is 5.16 Å². The van der Waals surface area contributed by atoms with Crippen LogP contribution >= 0.6 is 0 Å². The van der Waals surface area contributed by atoms with E-state index < -0.39 is 0 Å². The van der Waals surface area contributed by atoms with Crippen LogP contribution in [0.4, 0.5) is 0 Å². The first kappa shape index (κ1) is 17.5. The number of nitrogens with zero attached hydrogens (tertiary/aromatic N) is 2. The second-order valence-electron chi connectivity index (χ2n) is 6.21. The normalized spacial score (nSPS) is 17.6. The van der Waals surface area contributed by atoms with Crippen LogP contribution in [0.5, 0.6) is 5.75 Å². The molecule has 1 atom stereocenters. The zero-order valence-electron chi connectivity index (χ0n) is 14.9. The van der Waals surface area contributed by atoms with Gasteiger partial charge in [-0.25, -0.2) is 0 Å². The van der Waals surface area contributed by atoms with Gasteiger partial charge >= 0.3 is 0 Å². The van der Waals surface area contributed by atoms with E-state index >= 15 is 0 Å². The molecule has 0 N–H and O–H groups in total. The molecule has 1 unspecified atom stereocenters. The molecular formula is C19H24N2O4. The molecular weight excluding hydrogens is 320 g/mol. The van der Waals surface area contributed by atoms with Crippen LogP contribution in [-0.4, -0.2) is 48.9 Å². The van der Waals surface area contributed by atoms with Gasteiger partial charge in [0.1, 0.15) is 17.1 Å². The van der Waals surface area contributed by atoms with Gasteiger partial charge in [-0.05, 0) is 31.0 Å². The van der Waals surface area contributed by atoms with Crippen LogP contribution in [0.15, 0.2) is 28.8 Å². The van der Waals surface area contributed by atoms with E-state index in [0.717, 1.165) is 23.4 Å². The highest BCUT2D eigenvalue weighted by molar-refractivity contribution is 5.96. The Hall–Kier alpha value is -2.34. The summed E-state index contributed by atoms with van der Waals surface area (Å²) in [5.41, 5.74) is 2.49. The molecule has 0 aliphatic carbocycles. The Balaban J connectivity index is 1.68. The summed E-state index contributed by atoms with van der Waals surface area (Å²) in [4.78, 5) is 14.7. The topological polar surface area (TPSA) is 64.8 Å². The molecule has 1 aromatic heterocycles. The second-order valence-corrected chi connectivity index (χ2v) is 6.21. The largest absolute Gasteiger partial charge is 0.497 e. The van der Waals surface area contributed by atoms with Gasteiger partial charge in [0.15, 0.2) is 0 Å². The van der Waals surface area contributed by atoms with Crippen LogP contribution in [0.3, 0.4) is 0 Å². The number of amides is 1. The van der Waals surface area contributed by atoms with Crippen molar-refractivity contribution >= 4 is 5.91 Å². The molecule has 134 valence electrons. The van der Waals surface area contributed by atoms with E-state index in [1.165, 1.54) is 0 Å². The maximum atomic E-state index is 12.9. The zero-order valence-corrected chi connectivity index (χ0v) is 14.9. The Labute approximate surface area is 147 Å². The van der Waals surface area contributed by atoms with E-state index in [1.807, 2.05) is 36.1 Å². The Morgan fingerprint density at radius 1 is 1.36 bits per heavy atom. The lowest BCUT2D eigenvalue weighted by Gasteiger charge is -2.33. The Bertz CT molecular complexity index is 724. The van der Waals surface area contributed by atoms with Gasteiger partial charge in [-0.2, -0.15) is 0 Å². The molecule has 2 aromatic rings. The number of carbonyl (C=O) groups is 1. The van der Waals surface area contributed by atoms with Crippen molar-refractivity contribution in [3.05, 3.63) is 46.8 Å². The van der Waals surface area contributed by atoms with E-state index in [4.69, 9.17) is 14.0 Å². The lowest BCUT2D eigenvalue weighted by molar-refractivity contribution is -0.0209. The maximum Gasteiger partial charge on any atom is 0.259 e. The van der Waals surface area contributed by atoms with Gasteiger partial charge in [-0.15, -0.1) is 0 Å². The lowest BCUT2D eigenvalue weighted by atomic mass is 10.1. The molecule has 1 aliphatic rings. The number of hydrogen-bond donors (Lipinski definition) is 0. The average Bonchev–Trinajstić information content (AvgIpc) is 3.02. The number of methoxy groups -OCH3 is 1. The number of carbonyl (C=O) groups excluding carboxylic acids is 1. The van der Waals surface area contributed by atoms with Gasteiger partial charge in [0.2, 0.25) is 0 Å². The van der Waals surface area contributed by atoms with E-state index in [-0.39, 0.29) is 12.0 Å². The molecule has 2 heterocycles. The standard InChI is InChI=1S/C19H24N2O4/c1-4-17-18(13(2)25-20-17)19(22)21-9-10-24-16(12-21)11-14-5-7-15(23-3)8-6-14/h5-8,16H,4,9-12H2,1-3H3. The first-order valence-corrected chi connectivity index (χ1v) is 8.61. The zero-order chi connectivity index (χ0) is 17.8. The Morgan fingerprint density at radius 3 is 2.80 bits per heavy atom. The highest BCUT2D eigenvalue weighted by Gasteiger charge is 2.29. The molecule has 25 heavy (non-hydrogen) atoms. The third-order valence-electron chi connectivity index (χ3n) is 4.53. The summed E-state index contributed by atoms with van der Waals surface area (Å²) in [5.74, 6) is 1.40. The van der Waals surface area contributed by atoms with Crippen LogP contribution in [0.1, 0.15) is 34.3 Å². The Kier molecular flexibility index (Phi) is 5.38. The van der Waals surface area contributed by atoms with Crippen molar-refractivity contribution in [1.82, 2.24) is 10.1 Å². The van der Waals surface area contributed by atoms with Crippen molar-refractivity contribution in [1.29, 1.82) is 0 Å². The molecule has 3 rings (SSSR count). The number of ether oxygens (including phenoxy) is 2. The molecule has 0 radical (unpaired) electrons. The highest BCUT2D eigenvalue weighted by Crippen LogP contribution is 2.20. The van der Waals surface area contributed by atoms with Gasteiger partial charge in [0, 0.05) is 19.5 Å². The van der Waals surface area contributed by atoms with Crippen LogP contribution in [-0.2, 0) is 17.6 Å². The summed E-state index contributed by atoms with van der Waals surface area (Å²) in [5, 5.41) is 3.99. The number of aryl methyl sites for hydroxylation is 2. The van der Waals surface area contributed by atoms with Gasteiger partial charge < -0.3 is 18.9 Å². The van der Waals surface area contributed by atoms with Gasteiger partial charge in [0.25, 0.3) is 5.91 Å². The van der Waals surface area contributed by atoms with Crippen molar-refractivity contribution in [3.8, 4) is 5.75 Å². The molecule has 6 heteroatoms. The summed E-state index contributed by atoms with van der Waals surface area (Å²) in [6.45, 7) is 5.46. The van der Waals surface area contributed by atoms with E-state index in [9.17, 15) is 4.79 Å². The number of hydrogen-bond acceptors (Lipinski definition) is 5. The fourth-order valence-electron chi connectivity index (χ4n) is 3.14. The number of benzene rings is 1. The van der Waals surface area contributed by atoms with Crippen molar-refractivity contribution in [2.75, 3.05) is 26.8 Å². The van der Waals surface area contributed by atoms with Crippen molar-refractivity contribution < 1.29 is 18.8 Å². The molecule has 1 fully saturated rings.